The van der Waals surface area contributed by atoms with E-state index in [2.05, 4.69) is 40.0 Å². The minimum Gasteiger partial charge on any atom is -0.397 e. The quantitative estimate of drug-likeness (QED) is 0.787. The molecule has 116 valence electrons. The van der Waals surface area contributed by atoms with Gasteiger partial charge in [-0.1, -0.05) is 12.1 Å². The van der Waals surface area contributed by atoms with Crippen LogP contribution in [0, 0.1) is 0 Å². The summed E-state index contributed by atoms with van der Waals surface area (Å²) < 4.78 is 0.764. The Morgan fingerprint density at radius 2 is 1.86 bits per heavy atom. The first-order valence-electron chi connectivity index (χ1n) is 7.27. The van der Waals surface area contributed by atoms with Gasteiger partial charge in [-0.2, -0.15) is 0 Å². The molecule has 0 bridgehead atoms. The molecule has 1 amide bonds. The summed E-state index contributed by atoms with van der Waals surface area (Å²) >= 11 is 3.38. The number of benzene rings is 2. The summed E-state index contributed by atoms with van der Waals surface area (Å²) in [6.07, 6.45) is 0. The summed E-state index contributed by atoms with van der Waals surface area (Å²) in [6, 6.07) is 12.9. The third-order valence-electron chi connectivity index (χ3n) is 3.51. The first-order valence-corrected chi connectivity index (χ1v) is 8.06. The Bertz CT molecular complexity index is 669. The van der Waals surface area contributed by atoms with Crippen LogP contribution in [0.25, 0.3) is 0 Å². The van der Waals surface area contributed by atoms with Gasteiger partial charge in [0, 0.05) is 23.2 Å². The number of hydrogen-bond donors (Lipinski definition) is 2. The highest BCUT2D eigenvalue weighted by molar-refractivity contribution is 9.10. The van der Waals surface area contributed by atoms with Gasteiger partial charge in [-0.15, -0.1) is 0 Å². The van der Waals surface area contributed by atoms with Crippen molar-refractivity contribution in [3.8, 4) is 0 Å². The molecule has 3 N–H and O–H groups in total. The lowest BCUT2D eigenvalue weighted by Crippen LogP contribution is -2.23. The van der Waals surface area contributed by atoms with E-state index in [1.165, 1.54) is 0 Å². The maximum absolute atomic E-state index is 12.3. The van der Waals surface area contributed by atoms with E-state index < -0.39 is 0 Å². The lowest BCUT2D eigenvalue weighted by Gasteiger charge is -2.23. The van der Waals surface area contributed by atoms with Gasteiger partial charge in [0.25, 0.3) is 5.91 Å². The molecule has 22 heavy (non-hydrogen) atoms. The Hall–Kier alpha value is -2.01. The second kappa shape index (κ2) is 7.31. The normalized spacial score (nSPS) is 10.3. The van der Waals surface area contributed by atoms with E-state index in [1.54, 1.807) is 12.1 Å². The average molecular weight is 362 g/mol. The summed E-state index contributed by atoms with van der Waals surface area (Å²) in [5.41, 5.74) is 9.05. The lowest BCUT2D eigenvalue weighted by molar-refractivity contribution is 0.102. The van der Waals surface area contributed by atoms with Crippen molar-refractivity contribution in [1.29, 1.82) is 0 Å². The molecular formula is C17H20BrN3O. The van der Waals surface area contributed by atoms with Crippen LogP contribution >= 0.6 is 15.9 Å². The summed E-state index contributed by atoms with van der Waals surface area (Å²) in [5.74, 6) is -0.164. The first-order chi connectivity index (χ1) is 10.6. The van der Waals surface area contributed by atoms with Crippen LogP contribution in [0.2, 0.25) is 0 Å². The molecule has 0 heterocycles. The van der Waals surface area contributed by atoms with E-state index in [9.17, 15) is 4.79 Å². The second-order valence-electron chi connectivity index (χ2n) is 4.88. The Kier molecular flexibility index (Phi) is 5.44. The predicted octanol–water partition coefficient (Wildman–Crippen LogP) is 4.13. The van der Waals surface area contributed by atoms with Crippen LogP contribution in [0.4, 0.5) is 17.1 Å². The number of anilines is 3. The fraction of sp³-hybridized carbons (Fsp3) is 0.235. The van der Waals surface area contributed by atoms with Crippen molar-refractivity contribution in [3.63, 3.8) is 0 Å². The predicted molar refractivity (Wildman–Crippen MR) is 96.5 cm³/mol. The molecule has 5 heteroatoms. The first kappa shape index (κ1) is 16.4. The zero-order valence-electron chi connectivity index (χ0n) is 12.8. The maximum atomic E-state index is 12.3. The smallest absolute Gasteiger partial charge is 0.256 e. The Morgan fingerprint density at radius 1 is 1.18 bits per heavy atom. The van der Waals surface area contributed by atoms with Crippen LogP contribution in [-0.4, -0.2) is 19.0 Å². The maximum Gasteiger partial charge on any atom is 0.256 e. The van der Waals surface area contributed by atoms with Crippen LogP contribution in [0.5, 0.6) is 0 Å². The molecule has 0 saturated heterocycles. The molecule has 2 aromatic carbocycles. The van der Waals surface area contributed by atoms with Crippen molar-refractivity contribution in [2.45, 2.75) is 13.8 Å². The van der Waals surface area contributed by atoms with Crippen molar-refractivity contribution in [2.75, 3.05) is 29.0 Å². The number of rotatable bonds is 5. The Morgan fingerprint density at radius 3 is 2.45 bits per heavy atom. The highest BCUT2D eigenvalue weighted by atomic mass is 79.9. The largest absolute Gasteiger partial charge is 0.397 e. The molecule has 0 fully saturated rings. The summed E-state index contributed by atoms with van der Waals surface area (Å²) in [7, 11) is 0. The highest BCUT2D eigenvalue weighted by Crippen LogP contribution is 2.27. The topological polar surface area (TPSA) is 58.4 Å². The number of amides is 1. The molecule has 0 radical (unpaired) electrons. The number of nitrogens with zero attached hydrogens (tertiary/aromatic N) is 1. The molecule has 0 unspecified atom stereocenters. The van der Waals surface area contributed by atoms with Gasteiger partial charge in [-0.25, -0.2) is 0 Å². The monoisotopic (exact) mass is 361 g/mol. The summed E-state index contributed by atoms with van der Waals surface area (Å²) in [4.78, 5) is 14.5. The molecule has 0 aliphatic rings. The van der Waals surface area contributed by atoms with Crippen LogP contribution in [0.1, 0.15) is 24.2 Å². The fourth-order valence-corrected chi connectivity index (χ4v) is 2.79. The van der Waals surface area contributed by atoms with Gasteiger partial charge in [0.1, 0.15) is 0 Å². The van der Waals surface area contributed by atoms with Crippen LogP contribution < -0.4 is 16.0 Å². The number of carbonyl (C=O) groups is 1. The van der Waals surface area contributed by atoms with E-state index in [4.69, 9.17) is 5.73 Å². The molecule has 0 aliphatic heterocycles. The van der Waals surface area contributed by atoms with Gasteiger partial charge in [0.15, 0.2) is 0 Å². The number of nitrogen functional groups attached to an aromatic ring is 1. The third kappa shape index (κ3) is 3.60. The van der Waals surface area contributed by atoms with E-state index in [0.29, 0.717) is 16.9 Å². The number of halogens is 1. The number of nitrogens with two attached hydrogens (primary N) is 1. The molecule has 0 atom stereocenters. The van der Waals surface area contributed by atoms with E-state index >= 15 is 0 Å². The lowest BCUT2D eigenvalue weighted by atomic mass is 10.2. The summed E-state index contributed by atoms with van der Waals surface area (Å²) in [6.45, 7) is 5.96. The van der Waals surface area contributed by atoms with E-state index in [-0.39, 0.29) is 5.91 Å². The van der Waals surface area contributed by atoms with Crippen molar-refractivity contribution in [3.05, 3.63) is 52.5 Å². The van der Waals surface area contributed by atoms with Gasteiger partial charge in [-0.3, -0.25) is 4.79 Å². The van der Waals surface area contributed by atoms with Crippen molar-refractivity contribution in [1.82, 2.24) is 0 Å². The van der Waals surface area contributed by atoms with Gasteiger partial charge < -0.3 is 16.0 Å². The highest BCUT2D eigenvalue weighted by Gasteiger charge is 2.11. The van der Waals surface area contributed by atoms with Gasteiger partial charge >= 0.3 is 0 Å². The second-order valence-corrected chi connectivity index (χ2v) is 5.73. The van der Waals surface area contributed by atoms with Crippen molar-refractivity contribution >= 4 is 38.9 Å². The van der Waals surface area contributed by atoms with Crippen LogP contribution in [0.3, 0.4) is 0 Å². The molecule has 2 rings (SSSR count). The zero-order chi connectivity index (χ0) is 16.1. The van der Waals surface area contributed by atoms with E-state index in [1.807, 2.05) is 30.3 Å². The van der Waals surface area contributed by atoms with Crippen molar-refractivity contribution < 1.29 is 4.79 Å². The number of nitrogens with one attached hydrogen (secondary N) is 1. The molecule has 0 aliphatic carbocycles. The minimum absolute atomic E-state index is 0.164. The number of carbonyl (C=O) groups excluding carboxylic acids is 1. The molecule has 0 spiro atoms. The van der Waals surface area contributed by atoms with E-state index in [0.717, 1.165) is 23.2 Å². The molecule has 0 saturated carbocycles. The van der Waals surface area contributed by atoms with Crippen LogP contribution in [0.15, 0.2) is 46.9 Å². The molecular weight excluding hydrogens is 342 g/mol. The third-order valence-corrected chi connectivity index (χ3v) is 4.20. The SMILES string of the molecule is CCN(CC)c1ccc(NC(=O)c2ccccc2Br)cc1N. The minimum atomic E-state index is -0.164. The van der Waals surface area contributed by atoms with Gasteiger partial charge in [0.2, 0.25) is 0 Å². The molecule has 0 aromatic heterocycles. The standard InChI is InChI=1S/C17H20BrN3O/c1-3-21(4-2)16-10-9-12(11-15(16)19)20-17(22)13-7-5-6-8-14(13)18/h5-11H,3-4,19H2,1-2H3,(H,20,22). The summed E-state index contributed by atoms with van der Waals surface area (Å²) in [5, 5.41) is 2.87. The average Bonchev–Trinajstić information content (AvgIpc) is 2.50. The van der Waals surface area contributed by atoms with Gasteiger partial charge in [0.05, 0.1) is 16.9 Å². The molecule has 4 nitrogen and oxygen atoms in total. The van der Waals surface area contributed by atoms with Crippen LogP contribution in [-0.2, 0) is 0 Å². The fourth-order valence-electron chi connectivity index (χ4n) is 2.33. The molecule has 2 aromatic rings. The Labute approximate surface area is 139 Å². The zero-order valence-corrected chi connectivity index (χ0v) is 14.4. The van der Waals surface area contributed by atoms with Crippen molar-refractivity contribution in [2.24, 2.45) is 0 Å². The number of hydrogen-bond acceptors (Lipinski definition) is 3. The Balaban J connectivity index is 2.19. The van der Waals surface area contributed by atoms with Gasteiger partial charge in [-0.05, 0) is 60.1 Å².